The standard InChI is InChI=1S/C23H20N6O3S2/c1-3-32-22(30)19-18(17(12-24)20(25)34-19)13-33-23-28-27-21(14-8-10-26-11-9-14)29(23)15-4-6-16(31-2)7-5-15/h4-11H,3,13,25H2,1-2H3. The SMILES string of the molecule is CCOC(=O)c1sc(N)c(C#N)c1CSc1nnc(-c2ccncc2)n1-c1ccc(OC)cc1. The molecule has 0 aliphatic rings. The number of thiophene rings is 1. The molecule has 0 saturated carbocycles. The number of methoxy groups -OCH3 is 1. The van der Waals surface area contributed by atoms with Crippen molar-refractivity contribution in [2.45, 2.75) is 17.8 Å². The molecule has 0 amide bonds. The lowest BCUT2D eigenvalue weighted by molar-refractivity contribution is 0.0531. The lowest BCUT2D eigenvalue weighted by Crippen LogP contribution is -2.06. The molecule has 0 spiro atoms. The molecule has 0 fully saturated rings. The largest absolute Gasteiger partial charge is 0.497 e. The van der Waals surface area contributed by atoms with Crippen molar-refractivity contribution >= 4 is 34.1 Å². The van der Waals surface area contributed by atoms with Crippen molar-refractivity contribution in [3.8, 4) is 28.9 Å². The highest BCUT2D eigenvalue weighted by Crippen LogP contribution is 2.37. The molecular formula is C23H20N6O3S2. The first-order valence-electron chi connectivity index (χ1n) is 10.2. The van der Waals surface area contributed by atoms with Crippen LogP contribution in [0.2, 0.25) is 0 Å². The van der Waals surface area contributed by atoms with Gasteiger partial charge in [-0.25, -0.2) is 4.79 Å². The van der Waals surface area contributed by atoms with E-state index in [-0.39, 0.29) is 22.9 Å². The average molecular weight is 493 g/mol. The van der Waals surface area contributed by atoms with Crippen LogP contribution in [-0.2, 0) is 10.5 Å². The summed E-state index contributed by atoms with van der Waals surface area (Å²) >= 11 is 2.41. The van der Waals surface area contributed by atoms with Crippen LogP contribution in [0.1, 0.15) is 27.7 Å². The van der Waals surface area contributed by atoms with Gasteiger partial charge in [0.1, 0.15) is 21.7 Å². The van der Waals surface area contributed by atoms with E-state index in [4.69, 9.17) is 15.2 Å². The lowest BCUT2D eigenvalue weighted by atomic mass is 10.2. The molecule has 11 heteroatoms. The molecule has 1 aromatic carbocycles. The van der Waals surface area contributed by atoms with Crippen LogP contribution < -0.4 is 10.5 Å². The number of esters is 1. The molecule has 3 heterocycles. The highest BCUT2D eigenvalue weighted by Gasteiger charge is 2.24. The van der Waals surface area contributed by atoms with Gasteiger partial charge in [0, 0.05) is 35.0 Å². The van der Waals surface area contributed by atoms with Gasteiger partial charge in [0.2, 0.25) is 0 Å². The molecule has 34 heavy (non-hydrogen) atoms. The van der Waals surface area contributed by atoms with Gasteiger partial charge >= 0.3 is 5.97 Å². The molecular weight excluding hydrogens is 472 g/mol. The van der Waals surface area contributed by atoms with Crippen LogP contribution in [0.15, 0.2) is 53.9 Å². The number of carbonyl (C=O) groups excluding carboxylic acids is 1. The molecule has 0 aliphatic carbocycles. The van der Waals surface area contributed by atoms with Crippen molar-refractivity contribution in [3.05, 3.63) is 64.8 Å². The minimum Gasteiger partial charge on any atom is -0.497 e. The molecule has 3 aromatic heterocycles. The van der Waals surface area contributed by atoms with Crippen molar-refractivity contribution in [1.29, 1.82) is 5.26 Å². The fourth-order valence-electron chi connectivity index (χ4n) is 3.26. The first-order valence-corrected chi connectivity index (χ1v) is 12.0. The maximum atomic E-state index is 12.5. The van der Waals surface area contributed by atoms with Gasteiger partial charge in [-0.1, -0.05) is 11.8 Å². The van der Waals surface area contributed by atoms with E-state index in [1.807, 2.05) is 41.0 Å². The van der Waals surface area contributed by atoms with Gasteiger partial charge in [-0.3, -0.25) is 9.55 Å². The Balaban J connectivity index is 1.74. The highest BCUT2D eigenvalue weighted by atomic mass is 32.2. The number of hydrogen-bond donors (Lipinski definition) is 1. The third kappa shape index (κ3) is 4.59. The predicted molar refractivity (Wildman–Crippen MR) is 130 cm³/mol. The molecule has 2 N–H and O–H groups in total. The summed E-state index contributed by atoms with van der Waals surface area (Å²) in [6.45, 7) is 1.96. The van der Waals surface area contributed by atoms with E-state index in [2.05, 4.69) is 21.3 Å². The number of carbonyl (C=O) groups is 1. The normalized spacial score (nSPS) is 10.6. The number of pyridine rings is 1. The second-order valence-electron chi connectivity index (χ2n) is 6.85. The summed E-state index contributed by atoms with van der Waals surface area (Å²) in [6.07, 6.45) is 3.38. The van der Waals surface area contributed by atoms with E-state index >= 15 is 0 Å². The van der Waals surface area contributed by atoms with E-state index in [1.54, 1.807) is 26.4 Å². The number of nitriles is 1. The van der Waals surface area contributed by atoms with Gasteiger partial charge in [0.25, 0.3) is 0 Å². The van der Waals surface area contributed by atoms with Gasteiger partial charge in [-0.2, -0.15) is 5.26 Å². The predicted octanol–water partition coefficient (Wildman–Crippen LogP) is 4.32. The van der Waals surface area contributed by atoms with Crippen LogP contribution in [0, 0.1) is 11.3 Å². The number of benzene rings is 1. The fourth-order valence-corrected chi connectivity index (χ4v) is 5.26. The summed E-state index contributed by atoms with van der Waals surface area (Å²) in [5.41, 5.74) is 8.50. The summed E-state index contributed by atoms with van der Waals surface area (Å²) < 4.78 is 12.3. The van der Waals surface area contributed by atoms with Crippen LogP contribution in [0.25, 0.3) is 17.1 Å². The van der Waals surface area contributed by atoms with E-state index < -0.39 is 5.97 Å². The molecule has 4 aromatic rings. The zero-order valence-corrected chi connectivity index (χ0v) is 20.0. The van der Waals surface area contributed by atoms with Gasteiger partial charge in [0.15, 0.2) is 11.0 Å². The van der Waals surface area contributed by atoms with Crippen LogP contribution in [0.3, 0.4) is 0 Å². The molecule has 0 bridgehead atoms. The Morgan fingerprint density at radius 3 is 2.59 bits per heavy atom. The number of thioether (sulfide) groups is 1. The van der Waals surface area contributed by atoms with Gasteiger partial charge < -0.3 is 15.2 Å². The monoisotopic (exact) mass is 492 g/mol. The summed E-state index contributed by atoms with van der Waals surface area (Å²) in [7, 11) is 1.61. The Morgan fingerprint density at radius 2 is 1.94 bits per heavy atom. The molecule has 0 radical (unpaired) electrons. The van der Waals surface area contributed by atoms with Crippen molar-refractivity contribution in [2.75, 3.05) is 19.5 Å². The first-order chi connectivity index (χ1) is 16.6. The number of nitrogen functional groups attached to an aromatic ring is 1. The average Bonchev–Trinajstić information content (AvgIpc) is 3.43. The van der Waals surface area contributed by atoms with Gasteiger partial charge in [-0.15, -0.1) is 21.5 Å². The maximum absolute atomic E-state index is 12.5. The molecule has 0 unspecified atom stereocenters. The van der Waals surface area contributed by atoms with E-state index in [0.29, 0.717) is 21.4 Å². The van der Waals surface area contributed by atoms with Crippen LogP contribution in [-0.4, -0.2) is 39.4 Å². The van der Waals surface area contributed by atoms with Crippen molar-refractivity contribution in [3.63, 3.8) is 0 Å². The molecule has 9 nitrogen and oxygen atoms in total. The number of anilines is 1. The van der Waals surface area contributed by atoms with E-state index in [1.165, 1.54) is 11.8 Å². The summed E-state index contributed by atoms with van der Waals surface area (Å²) in [5.74, 6) is 1.15. The first kappa shape index (κ1) is 23.3. The Kier molecular flexibility index (Phi) is 7.10. The van der Waals surface area contributed by atoms with Gasteiger partial charge in [-0.05, 0) is 43.3 Å². The second-order valence-corrected chi connectivity index (χ2v) is 8.84. The molecule has 172 valence electrons. The zero-order valence-electron chi connectivity index (χ0n) is 18.4. The molecule has 4 rings (SSSR count). The number of nitrogens with zero attached hydrogens (tertiary/aromatic N) is 5. The third-order valence-electron chi connectivity index (χ3n) is 4.86. The second kappa shape index (κ2) is 10.4. The van der Waals surface area contributed by atoms with Crippen molar-refractivity contribution in [2.24, 2.45) is 0 Å². The fraction of sp³-hybridized carbons (Fsp3) is 0.174. The third-order valence-corrected chi connectivity index (χ3v) is 6.85. The van der Waals surface area contributed by atoms with E-state index in [0.717, 1.165) is 28.3 Å². The zero-order chi connectivity index (χ0) is 24.1. The number of nitrogens with two attached hydrogens (primary N) is 1. The Bertz CT molecular complexity index is 1340. The van der Waals surface area contributed by atoms with Crippen molar-refractivity contribution < 1.29 is 14.3 Å². The number of aromatic nitrogens is 4. The number of hydrogen-bond acceptors (Lipinski definition) is 10. The summed E-state index contributed by atoms with van der Waals surface area (Å²) in [6, 6.07) is 13.3. The molecule has 0 aliphatic heterocycles. The topological polar surface area (TPSA) is 129 Å². The van der Waals surface area contributed by atoms with Crippen LogP contribution in [0.4, 0.5) is 5.00 Å². The minimum atomic E-state index is -0.495. The maximum Gasteiger partial charge on any atom is 0.348 e. The Morgan fingerprint density at radius 1 is 1.21 bits per heavy atom. The summed E-state index contributed by atoms with van der Waals surface area (Å²) in [4.78, 5) is 16.9. The quantitative estimate of drug-likeness (QED) is 0.282. The highest BCUT2D eigenvalue weighted by molar-refractivity contribution is 7.98. The number of ether oxygens (including phenoxy) is 2. The van der Waals surface area contributed by atoms with Crippen molar-refractivity contribution in [1.82, 2.24) is 19.7 Å². The lowest BCUT2D eigenvalue weighted by Gasteiger charge is -2.11. The smallest absolute Gasteiger partial charge is 0.348 e. The van der Waals surface area contributed by atoms with Crippen LogP contribution >= 0.6 is 23.1 Å². The van der Waals surface area contributed by atoms with E-state index in [9.17, 15) is 10.1 Å². The van der Waals surface area contributed by atoms with Gasteiger partial charge in [0.05, 0.1) is 19.3 Å². The number of rotatable bonds is 8. The molecule has 0 atom stereocenters. The summed E-state index contributed by atoms with van der Waals surface area (Å²) in [5, 5.41) is 19.3. The Labute approximate surface area is 204 Å². The molecule has 0 saturated heterocycles. The Hall–Kier alpha value is -3.88. The minimum absolute atomic E-state index is 0.228. The van der Waals surface area contributed by atoms with Crippen LogP contribution in [0.5, 0.6) is 5.75 Å².